The summed E-state index contributed by atoms with van der Waals surface area (Å²) in [5.74, 6) is -0.727. The van der Waals surface area contributed by atoms with E-state index in [1.807, 2.05) is 0 Å². The number of hydrogen-bond donors (Lipinski definition) is 1. The Hall–Kier alpha value is -3.08. The van der Waals surface area contributed by atoms with Gasteiger partial charge in [0.25, 0.3) is 0 Å². The first-order valence-electron chi connectivity index (χ1n) is 7.63. The molecule has 0 aliphatic heterocycles. The zero-order valence-corrected chi connectivity index (χ0v) is 14.6. The molecule has 2 aromatic rings. The first kappa shape index (κ1) is 21.2. The van der Waals surface area contributed by atoms with Gasteiger partial charge in [0.15, 0.2) is 0 Å². The van der Waals surface area contributed by atoms with Gasteiger partial charge < -0.3 is 14.8 Å². The van der Waals surface area contributed by atoms with Gasteiger partial charge in [-0.15, -0.1) is 0 Å². The number of hydroxylamine groups is 2. The van der Waals surface area contributed by atoms with Gasteiger partial charge in [0.2, 0.25) is 0 Å². The lowest BCUT2D eigenvalue weighted by molar-refractivity contribution is -0.138. The van der Waals surface area contributed by atoms with Gasteiger partial charge in [0.1, 0.15) is 22.8 Å². The Morgan fingerprint density at radius 2 is 1.68 bits per heavy atom. The van der Waals surface area contributed by atoms with Crippen molar-refractivity contribution in [3.8, 4) is 17.2 Å². The predicted octanol–water partition coefficient (Wildman–Crippen LogP) is 5.12. The van der Waals surface area contributed by atoms with E-state index in [-0.39, 0.29) is 17.2 Å². The summed E-state index contributed by atoms with van der Waals surface area (Å²) in [4.78, 5) is 16.3. The number of nitrogens with one attached hydrogen (secondary N) is 1. The van der Waals surface area contributed by atoms with Crippen molar-refractivity contribution in [3.63, 3.8) is 0 Å². The number of nitrogens with zero attached hydrogens (tertiary/aromatic N) is 1. The maximum Gasteiger partial charge on any atom is 0.420 e. The molecule has 0 aliphatic rings. The molecule has 0 fully saturated rings. The van der Waals surface area contributed by atoms with Crippen molar-refractivity contribution in [2.45, 2.75) is 12.8 Å². The molecule has 0 bridgehead atoms. The molecule has 0 aliphatic carbocycles. The largest absolute Gasteiger partial charge is 0.457 e. The molecule has 2 rings (SSSR count). The van der Waals surface area contributed by atoms with E-state index in [2.05, 4.69) is 14.9 Å². The van der Waals surface area contributed by atoms with Crippen molar-refractivity contribution in [1.82, 2.24) is 5.06 Å². The number of anilines is 1. The fraction of sp³-hybridized carbons (Fsp3) is 0.235. The van der Waals surface area contributed by atoms with E-state index in [0.717, 1.165) is 23.3 Å². The monoisotopic (exact) mass is 406 g/mol. The van der Waals surface area contributed by atoms with Crippen LogP contribution >= 0.6 is 0 Å². The van der Waals surface area contributed by atoms with Crippen LogP contribution in [0.15, 0.2) is 42.5 Å². The van der Waals surface area contributed by atoms with Crippen LogP contribution in [0, 0.1) is 0 Å². The number of rotatable bonds is 6. The number of hydrogen-bond acceptors (Lipinski definition) is 4. The number of amides is 2. The lowest BCUT2D eigenvalue weighted by atomic mass is 10.1. The number of ether oxygens (including phenoxy) is 2. The Kier molecular flexibility index (Phi) is 6.62. The highest BCUT2D eigenvalue weighted by molar-refractivity contribution is 5.88. The zero-order chi connectivity index (χ0) is 20.9. The van der Waals surface area contributed by atoms with Crippen LogP contribution in [0.5, 0.6) is 17.2 Å². The molecule has 28 heavy (non-hydrogen) atoms. The maximum absolute atomic E-state index is 13.4. The molecule has 2 aromatic carbocycles. The Morgan fingerprint density at radius 3 is 2.21 bits per heavy atom. The van der Waals surface area contributed by atoms with E-state index in [1.54, 1.807) is 0 Å². The van der Waals surface area contributed by atoms with Gasteiger partial charge in [-0.1, -0.05) is 0 Å². The minimum atomic E-state index is -4.78. The Labute approximate surface area is 156 Å². The third-order valence-electron chi connectivity index (χ3n) is 3.37. The van der Waals surface area contributed by atoms with E-state index in [0.29, 0.717) is 6.07 Å². The number of alkyl halides is 5. The molecule has 11 heteroatoms. The van der Waals surface area contributed by atoms with Gasteiger partial charge >= 0.3 is 18.8 Å². The van der Waals surface area contributed by atoms with E-state index in [9.17, 15) is 26.7 Å². The molecule has 6 nitrogen and oxygen atoms in total. The topological polar surface area (TPSA) is 60.0 Å². The van der Waals surface area contributed by atoms with Gasteiger partial charge in [-0.05, 0) is 42.5 Å². The molecule has 0 atom stereocenters. The highest BCUT2D eigenvalue weighted by Crippen LogP contribution is 2.40. The normalized spacial score (nSPS) is 11.3. The van der Waals surface area contributed by atoms with E-state index < -0.39 is 30.1 Å². The minimum Gasteiger partial charge on any atom is -0.457 e. The molecule has 0 saturated carbocycles. The molecular weight excluding hydrogens is 391 g/mol. The van der Waals surface area contributed by atoms with Crippen molar-refractivity contribution in [2.75, 3.05) is 19.5 Å². The first-order valence-corrected chi connectivity index (χ1v) is 7.63. The van der Waals surface area contributed by atoms with Crippen molar-refractivity contribution in [2.24, 2.45) is 0 Å². The van der Waals surface area contributed by atoms with Gasteiger partial charge in [0.05, 0.1) is 7.11 Å². The second-order valence-electron chi connectivity index (χ2n) is 5.27. The van der Waals surface area contributed by atoms with Crippen LogP contribution in [0.2, 0.25) is 0 Å². The number of benzene rings is 2. The summed E-state index contributed by atoms with van der Waals surface area (Å²) in [6.45, 7) is -3.02. The van der Waals surface area contributed by atoms with Crippen LogP contribution in [0.1, 0.15) is 5.56 Å². The zero-order valence-electron chi connectivity index (χ0n) is 14.6. The Morgan fingerprint density at radius 1 is 1.07 bits per heavy atom. The van der Waals surface area contributed by atoms with Crippen molar-refractivity contribution >= 4 is 11.7 Å². The molecule has 0 spiro atoms. The van der Waals surface area contributed by atoms with Crippen LogP contribution in [0.4, 0.5) is 32.4 Å². The molecule has 0 aromatic heterocycles. The second-order valence-corrected chi connectivity index (χ2v) is 5.27. The molecule has 0 saturated heterocycles. The standard InChI is InChI=1S/C17H15F5N2O4/c1-24(26-2)16(25)23-10-3-8-14(13(9-10)17(20,21)22)27-11-4-6-12(7-5-11)28-15(18)19/h3-9,15H,1-2H3,(H,23,25). The van der Waals surface area contributed by atoms with Crippen molar-refractivity contribution < 1.29 is 41.1 Å². The van der Waals surface area contributed by atoms with E-state index >= 15 is 0 Å². The second kappa shape index (κ2) is 8.74. The van der Waals surface area contributed by atoms with Crippen LogP contribution in [-0.4, -0.2) is 31.9 Å². The molecular formula is C17H15F5N2O4. The number of urea groups is 1. The van der Waals surface area contributed by atoms with Crippen molar-refractivity contribution in [1.29, 1.82) is 0 Å². The van der Waals surface area contributed by atoms with Crippen LogP contribution < -0.4 is 14.8 Å². The fourth-order valence-electron chi connectivity index (χ4n) is 2.02. The van der Waals surface area contributed by atoms with E-state index in [1.165, 1.54) is 32.4 Å². The van der Waals surface area contributed by atoms with Gasteiger partial charge in [0, 0.05) is 12.7 Å². The van der Waals surface area contributed by atoms with Gasteiger partial charge in [-0.25, -0.2) is 9.86 Å². The summed E-state index contributed by atoms with van der Waals surface area (Å²) >= 11 is 0. The molecule has 0 unspecified atom stereocenters. The Bertz CT molecular complexity index is 812. The van der Waals surface area contributed by atoms with Gasteiger partial charge in [-0.2, -0.15) is 22.0 Å². The lowest BCUT2D eigenvalue weighted by Crippen LogP contribution is -2.30. The van der Waals surface area contributed by atoms with E-state index in [4.69, 9.17) is 4.74 Å². The van der Waals surface area contributed by atoms with Crippen LogP contribution in [0.3, 0.4) is 0 Å². The molecule has 152 valence electrons. The molecule has 0 radical (unpaired) electrons. The summed E-state index contributed by atoms with van der Waals surface area (Å²) in [5.41, 5.74) is -1.27. The summed E-state index contributed by atoms with van der Waals surface area (Å²) < 4.78 is 73.7. The molecule has 1 N–H and O–H groups in total. The maximum atomic E-state index is 13.4. The summed E-state index contributed by atoms with van der Waals surface area (Å²) in [6.07, 6.45) is -4.78. The summed E-state index contributed by atoms with van der Waals surface area (Å²) in [5, 5.41) is 3.03. The minimum absolute atomic E-state index is 0.0250. The molecule has 2 amide bonds. The highest BCUT2D eigenvalue weighted by atomic mass is 19.4. The predicted molar refractivity (Wildman–Crippen MR) is 88.4 cm³/mol. The number of halogens is 5. The number of carbonyl (C=O) groups is 1. The molecule has 0 heterocycles. The Balaban J connectivity index is 2.25. The summed E-state index contributed by atoms with van der Waals surface area (Å²) in [6, 6.07) is 6.77. The third kappa shape index (κ3) is 5.71. The van der Waals surface area contributed by atoms with Crippen LogP contribution in [-0.2, 0) is 11.0 Å². The summed E-state index contributed by atoms with van der Waals surface area (Å²) in [7, 11) is 2.49. The smallest absolute Gasteiger partial charge is 0.420 e. The quantitative estimate of drug-likeness (QED) is 0.534. The van der Waals surface area contributed by atoms with Crippen molar-refractivity contribution in [3.05, 3.63) is 48.0 Å². The van der Waals surface area contributed by atoms with Gasteiger partial charge in [-0.3, -0.25) is 4.84 Å². The van der Waals surface area contributed by atoms with Crippen LogP contribution in [0.25, 0.3) is 0 Å². The highest BCUT2D eigenvalue weighted by Gasteiger charge is 2.35. The fourth-order valence-corrected chi connectivity index (χ4v) is 2.02. The SMILES string of the molecule is CON(C)C(=O)Nc1ccc(Oc2ccc(OC(F)F)cc2)c(C(F)(F)F)c1. The third-order valence-corrected chi connectivity index (χ3v) is 3.37. The first-order chi connectivity index (χ1) is 13.1. The average Bonchev–Trinajstić information content (AvgIpc) is 2.62. The number of carbonyl (C=O) groups excluding carboxylic acids is 1. The average molecular weight is 406 g/mol. The lowest BCUT2D eigenvalue weighted by Gasteiger charge is -2.18.